The van der Waals surface area contributed by atoms with Crippen molar-refractivity contribution >= 4 is 17.7 Å². The van der Waals surface area contributed by atoms with Gasteiger partial charge in [-0.2, -0.15) is 0 Å². The summed E-state index contributed by atoms with van der Waals surface area (Å²) in [6, 6.07) is 3.63. The molecule has 0 saturated heterocycles. The summed E-state index contributed by atoms with van der Waals surface area (Å²) in [4.78, 5) is 16.5. The Morgan fingerprint density at radius 3 is 3.14 bits per heavy atom. The Morgan fingerprint density at radius 2 is 2.38 bits per heavy atom. The van der Waals surface area contributed by atoms with Gasteiger partial charge in [0.15, 0.2) is 0 Å². The average Bonchev–Trinajstić information content (AvgIpc) is 2.54. The van der Waals surface area contributed by atoms with Crippen molar-refractivity contribution in [2.75, 3.05) is 12.3 Å². The van der Waals surface area contributed by atoms with Gasteiger partial charge in [0, 0.05) is 18.5 Å². The fraction of sp³-hybridized carbons (Fsp3) is 0.412. The molecule has 0 aliphatic heterocycles. The fourth-order valence-corrected chi connectivity index (χ4v) is 3.11. The van der Waals surface area contributed by atoms with E-state index in [1.54, 1.807) is 12.3 Å². The predicted molar refractivity (Wildman–Crippen MR) is 88.7 cm³/mol. The molecule has 1 aliphatic rings. The second-order valence-corrected chi connectivity index (χ2v) is 6.08. The second-order valence-electron chi connectivity index (χ2n) is 5.07. The maximum atomic E-state index is 12.3. The van der Waals surface area contributed by atoms with Gasteiger partial charge in [0.1, 0.15) is 5.03 Å². The van der Waals surface area contributed by atoms with E-state index in [2.05, 4.69) is 23.0 Å². The molecule has 1 N–H and O–H groups in total. The molecular weight excluding hydrogens is 280 g/mol. The molecule has 112 valence electrons. The van der Waals surface area contributed by atoms with Crippen molar-refractivity contribution in [2.45, 2.75) is 37.1 Å². The average molecular weight is 302 g/mol. The fourth-order valence-electron chi connectivity index (χ4n) is 2.38. The van der Waals surface area contributed by atoms with Gasteiger partial charge in [-0.25, -0.2) is 4.98 Å². The van der Waals surface area contributed by atoms with Crippen LogP contribution in [0.5, 0.6) is 0 Å². The van der Waals surface area contributed by atoms with E-state index in [0.717, 1.165) is 17.2 Å². The van der Waals surface area contributed by atoms with Crippen LogP contribution in [-0.4, -0.2) is 23.2 Å². The third kappa shape index (κ3) is 5.05. The lowest BCUT2D eigenvalue weighted by Gasteiger charge is -2.13. The van der Waals surface area contributed by atoms with Crippen LogP contribution in [0.2, 0.25) is 0 Å². The predicted octanol–water partition coefficient (Wildman–Crippen LogP) is 3.98. The maximum absolute atomic E-state index is 12.3. The molecule has 0 fully saturated rings. The minimum Gasteiger partial charge on any atom is -0.352 e. The second kappa shape index (κ2) is 8.67. The summed E-state index contributed by atoms with van der Waals surface area (Å²) >= 11 is 1.54. The van der Waals surface area contributed by atoms with E-state index in [1.165, 1.54) is 43.0 Å². The number of amides is 1. The molecular formula is C17H22N2OS. The van der Waals surface area contributed by atoms with E-state index in [-0.39, 0.29) is 5.91 Å². The first-order valence-electron chi connectivity index (χ1n) is 7.46. The van der Waals surface area contributed by atoms with Gasteiger partial charge in [-0.05, 0) is 44.2 Å². The molecule has 2 rings (SSSR count). The summed E-state index contributed by atoms with van der Waals surface area (Å²) in [5.41, 5.74) is 2.14. The number of allylic oxidation sites excluding steroid dienone is 1. The summed E-state index contributed by atoms with van der Waals surface area (Å²) in [5.74, 6) is 0.718. The highest BCUT2D eigenvalue weighted by atomic mass is 32.2. The van der Waals surface area contributed by atoms with Gasteiger partial charge in [-0.15, -0.1) is 18.3 Å². The van der Waals surface area contributed by atoms with Crippen LogP contribution in [-0.2, 0) is 0 Å². The van der Waals surface area contributed by atoms with E-state index in [0.29, 0.717) is 12.1 Å². The molecule has 1 heterocycles. The van der Waals surface area contributed by atoms with Crippen LogP contribution in [0.15, 0.2) is 47.7 Å². The highest BCUT2D eigenvalue weighted by molar-refractivity contribution is 7.99. The van der Waals surface area contributed by atoms with Crippen LogP contribution in [0.25, 0.3) is 0 Å². The Balaban J connectivity index is 1.87. The molecule has 0 atom stereocenters. The lowest BCUT2D eigenvalue weighted by Crippen LogP contribution is -2.25. The number of pyridine rings is 1. The van der Waals surface area contributed by atoms with Gasteiger partial charge in [0.25, 0.3) is 5.91 Å². The quantitative estimate of drug-likeness (QED) is 0.612. The number of carbonyl (C=O) groups excluding carboxylic acids is 1. The van der Waals surface area contributed by atoms with Gasteiger partial charge in [-0.1, -0.05) is 17.7 Å². The number of thioether (sulfide) groups is 1. The number of carbonyl (C=O) groups is 1. The summed E-state index contributed by atoms with van der Waals surface area (Å²) in [7, 11) is 0. The first kappa shape index (κ1) is 15.8. The molecule has 21 heavy (non-hydrogen) atoms. The van der Waals surface area contributed by atoms with Crippen molar-refractivity contribution < 1.29 is 4.79 Å². The number of rotatable bonds is 7. The van der Waals surface area contributed by atoms with E-state index >= 15 is 0 Å². The molecule has 1 aliphatic carbocycles. The Morgan fingerprint density at radius 1 is 1.48 bits per heavy atom. The highest BCUT2D eigenvalue weighted by Gasteiger charge is 2.12. The number of nitrogens with zero attached hydrogens (tertiary/aromatic N) is 1. The zero-order chi connectivity index (χ0) is 14.9. The number of hydrogen-bond acceptors (Lipinski definition) is 3. The number of nitrogens with one attached hydrogen (secondary N) is 1. The van der Waals surface area contributed by atoms with Crippen molar-refractivity contribution in [1.82, 2.24) is 10.3 Å². The van der Waals surface area contributed by atoms with Gasteiger partial charge < -0.3 is 5.32 Å². The van der Waals surface area contributed by atoms with E-state index < -0.39 is 0 Å². The van der Waals surface area contributed by atoms with Crippen molar-refractivity contribution in [3.05, 3.63) is 48.2 Å². The van der Waals surface area contributed by atoms with Crippen LogP contribution in [0.3, 0.4) is 0 Å². The molecule has 0 unspecified atom stereocenters. The topological polar surface area (TPSA) is 42.0 Å². The van der Waals surface area contributed by atoms with Crippen LogP contribution in [0.4, 0.5) is 0 Å². The normalized spacial score (nSPS) is 14.4. The first-order chi connectivity index (χ1) is 10.3. The van der Waals surface area contributed by atoms with Gasteiger partial charge in [0.2, 0.25) is 0 Å². The molecule has 3 nitrogen and oxygen atoms in total. The van der Waals surface area contributed by atoms with Crippen LogP contribution < -0.4 is 5.32 Å². The van der Waals surface area contributed by atoms with Gasteiger partial charge in [-0.3, -0.25) is 4.79 Å². The molecule has 1 aromatic rings. The third-order valence-corrected chi connectivity index (χ3v) is 4.47. The van der Waals surface area contributed by atoms with E-state index in [9.17, 15) is 4.79 Å². The summed E-state index contributed by atoms with van der Waals surface area (Å²) in [5, 5.41) is 3.77. The zero-order valence-electron chi connectivity index (χ0n) is 12.3. The molecule has 1 aromatic heterocycles. The minimum atomic E-state index is -0.0360. The monoisotopic (exact) mass is 302 g/mol. The smallest absolute Gasteiger partial charge is 0.254 e. The Bertz CT molecular complexity index is 525. The molecule has 0 radical (unpaired) electrons. The van der Waals surface area contributed by atoms with Gasteiger partial charge in [0.05, 0.1) is 5.56 Å². The highest BCUT2D eigenvalue weighted by Crippen LogP contribution is 2.21. The summed E-state index contributed by atoms with van der Waals surface area (Å²) in [6.07, 6.45) is 11.8. The van der Waals surface area contributed by atoms with Crippen LogP contribution >= 0.6 is 11.8 Å². The van der Waals surface area contributed by atoms with E-state index in [1.807, 2.05) is 12.1 Å². The minimum absolute atomic E-state index is 0.0360. The molecule has 0 saturated carbocycles. The molecule has 0 aromatic carbocycles. The van der Waals surface area contributed by atoms with E-state index in [4.69, 9.17) is 0 Å². The molecule has 1 amide bonds. The SMILES string of the molecule is C=CCSc1ncccc1C(=O)NCCC1=CCCCC1. The summed E-state index contributed by atoms with van der Waals surface area (Å²) in [6.45, 7) is 4.40. The third-order valence-electron chi connectivity index (χ3n) is 3.47. The van der Waals surface area contributed by atoms with Crippen LogP contribution in [0.1, 0.15) is 42.5 Å². The summed E-state index contributed by atoms with van der Waals surface area (Å²) < 4.78 is 0. The Kier molecular flexibility index (Phi) is 6.54. The Labute approximate surface area is 130 Å². The van der Waals surface area contributed by atoms with Crippen molar-refractivity contribution in [2.24, 2.45) is 0 Å². The zero-order valence-corrected chi connectivity index (χ0v) is 13.1. The van der Waals surface area contributed by atoms with Crippen molar-refractivity contribution in [1.29, 1.82) is 0 Å². The lowest BCUT2D eigenvalue weighted by atomic mass is 9.97. The standard InChI is InChI=1S/C17H22N2OS/c1-2-13-21-17-15(9-6-11-19-17)16(20)18-12-10-14-7-4-3-5-8-14/h2,6-7,9,11H,1,3-5,8,10,12-13H2,(H,18,20). The largest absolute Gasteiger partial charge is 0.352 e. The number of aromatic nitrogens is 1. The molecule has 0 spiro atoms. The number of hydrogen-bond donors (Lipinski definition) is 1. The molecule has 0 bridgehead atoms. The van der Waals surface area contributed by atoms with Crippen molar-refractivity contribution in [3.63, 3.8) is 0 Å². The lowest BCUT2D eigenvalue weighted by molar-refractivity contribution is 0.0950. The van der Waals surface area contributed by atoms with Gasteiger partial charge >= 0.3 is 0 Å². The maximum Gasteiger partial charge on any atom is 0.254 e. The van der Waals surface area contributed by atoms with Crippen LogP contribution in [0, 0.1) is 0 Å². The Hall–Kier alpha value is -1.55. The first-order valence-corrected chi connectivity index (χ1v) is 8.44. The molecule has 4 heteroatoms. The van der Waals surface area contributed by atoms with Crippen molar-refractivity contribution in [3.8, 4) is 0 Å².